The lowest BCUT2D eigenvalue weighted by atomic mass is 9.93. The third-order valence-corrected chi connectivity index (χ3v) is 3.71. The van der Waals surface area contributed by atoms with Crippen LogP contribution < -0.4 is 11.1 Å². The number of amides is 2. The van der Waals surface area contributed by atoms with Crippen molar-refractivity contribution in [3.05, 3.63) is 0 Å². The van der Waals surface area contributed by atoms with Gasteiger partial charge >= 0.3 is 6.03 Å². The molecule has 0 aromatic heterocycles. The Kier molecular flexibility index (Phi) is 5.14. The minimum atomic E-state index is -0.565. The van der Waals surface area contributed by atoms with Crippen molar-refractivity contribution in [1.82, 2.24) is 10.2 Å². The number of nitrogens with two attached hydrogens (primary N) is 1. The molecule has 0 aromatic rings. The summed E-state index contributed by atoms with van der Waals surface area (Å²) in [5.41, 5.74) is 5.18. The van der Waals surface area contributed by atoms with E-state index in [1.54, 1.807) is 4.90 Å². The Bertz CT molecular complexity index is 286. The molecule has 0 bridgehead atoms. The fourth-order valence-corrected chi connectivity index (χ4v) is 2.23. The van der Waals surface area contributed by atoms with Crippen LogP contribution >= 0.6 is 12.2 Å². The molecule has 1 aliphatic heterocycles. The van der Waals surface area contributed by atoms with E-state index in [0.717, 1.165) is 0 Å². The average Bonchev–Trinajstić information content (AvgIpc) is 2.36. The summed E-state index contributed by atoms with van der Waals surface area (Å²) in [5, 5.41) is 2.96. The fraction of sp³-hybridized carbons (Fsp3) is 0.818. The number of ether oxygens (including phenoxy) is 1. The normalized spacial score (nSPS) is 16.7. The molecule has 3 N–H and O–H groups in total. The van der Waals surface area contributed by atoms with E-state index in [1.807, 2.05) is 13.8 Å². The Balaban J connectivity index is 2.66. The number of nitrogens with one attached hydrogen (secondary N) is 1. The molecule has 0 aliphatic carbocycles. The second kappa shape index (κ2) is 6.16. The standard InChI is InChI=1S/C11H21N3O2S/c1-3-11(4-2,9(12)17)13-10(15)14-5-7-16-8-6-14/h3-8H2,1-2H3,(H2,12,17)(H,13,15). The molecule has 1 fully saturated rings. The van der Waals surface area contributed by atoms with Crippen LogP contribution in [0.3, 0.4) is 0 Å². The van der Waals surface area contributed by atoms with Gasteiger partial charge in [-0.2, -0.15) is 0 Å². The van der Waals surface area contributed by atoms with Crippen molar-refractivity contribution in [2.24, 2.45) is 5.73 Å². The highest BCUT2D eigenvalue weighted by Crippen LogP contribution is 2.16. The number of rotatable bonds is 4. The first-order chi connectivity index (χ1) is 8.05. The summed E-state index contributed by atoms with van der Waals surface area (Å²) in [6.45, 7) is 6.36. The second-order valence-electron chi connectivity index (χ2n) is 4.18. The van der Waals surface area contributed by atoms with Gasteiger partial charge in [-0.25, -0.2) is 4.79 Å². The first kappa shape index (κ1) is 14.2. The largest absolute Gasteiger partial charge is 0.391 e. The van der Waals surface area contributed by atoms with E-state index >= 15 is 0 Å². The van der Waals surface area contributed by atoms with Gasteiger partial charge in [-0.3, -0.25) is 0 Å². The molecule has 0 aromatic carbocycles. The third-order valence-electron chi connectivity index (χ3n) is 3.32. The van der Waals surface area contributed by atoms with Gasteiger partial charge in [-0.05, 0) is 12.8 Å². The van der Waals surface area contributed by atoms with E-state index in [4.69, 9.17) is 22.7 Å². The highest BCUT2D eigenvalue weighted by Gasteiger charge is 2.33. The molecule has 0 unspecified atom stereocenters. The van der Waals surface area contributed by atoms with Gasteiger partial charge in [0.15, 0.2) is 0 Å². The van der Waals surface area contributed by atoms with E-state index in [0.29, 0.717) is 44.1 Å². The van der Waals surface area contributed by atoms with E-state index in [9.17, 15) is 4.79 Å². The number of morpholine rings is 1. The lowest BCUT2D eigenvalue weighted by molar-refractivity contribution is 0.0518. The number of thiocarbonyl (C=S) groups is 1. The summed E-state index contributed by atoms with van der Waals surface area (Å²) < 4.78 is 5.21. The summed E-state index contributed by atoms with van der Waals surface area (Å²) in [5.74, 6) is 0. The van der Waals surface area contributed by atoms with Crippen LogP contribution in [0.15, 0.2) is 0 Å². The van der Waals surface area contributed by atoms with Gasteiger partial charge in [0.25, 0.3) is 0 Å². The maximum absolute atomic E-state index is 12.1. The predicted octanol–water partition coefficient (Wildman–Crippen LogP) is 0.873. The van der Waals surface area contributed by atoms with Crippen LogP contribution in [0.25, 0.3) is 0 Å². The van der Waals surface area contributed by atoms with Crippen molar-refractivity contribution in [3.8, 4) is 0 Å². The Morgan fingerprint density at radius 1 is 1.41 bits per heavy atom. The molecule has 0 spiro atoms. The van der Waals surface area contributed by atoms with Crippen LogP contribution in [-0.2, 0) is 4.74 Å². The molecular formula is C11H21N3O2S. The van der Waals surface area contributed by atoms with Gasteiger partial charge in [0, 0.05) is 13.1 Å². The van der Waals surface area contributed by atoms with Crippen molar-refractivity contribution < 1.29 is 9.53 Å². The SMILES string of the molecule is CCC(CC)(NC(=O)N1CCOCC1)C(N)=S. The third kappa shape index (κ3) is 3.29. The lowest BCUT2D eigenvalue weighted by Crippen LogP contribution is -2.60. The highest BCUT2D eigenvalue weighted by atomic mass is 32.1. The summed E-state index contributed by atoms with van der Waals surface area (Å²) in [7, 11) is 0. The number of hydrogen-bond acceptors (Lipinski definition) is 3. The molecule has 0 saturated carbocycles. The maximum atomic E-state index is 12.1. The Hall–Kier alpha value is -0.880. The first-order valence-corrected chi connectivity index (χ1v) is 6.41. The number of carbonyl (C=O) groups excluding carboxylic acids is 1. The van der Waals surface area contributed by atoms with Crippen molar-refractivity contribution in [2.45, 2.75) is 32.2 Å². The number of nitrogens with zero attached hydrogens (tertiary/aromatic N) is 1. The smallest absolute Gasteiger partial charge is 0.318 e. The van der Waals surface area contributed by atoms with E-state index in [2.05, 4.69) is 5.32 Å². The summed E-state index contributed by atoms with van der Waals surface area (Å²) >= 11 is 5.07. The monoisotopic (exact) mass is 259 g/mol. The van der Waals surface area contributed by atoms with Crippen molar-refractivity contribution in [3.63, 3.8) is 0 Å². The molecule has 17 heavy (non-hydrogen) atoms. The topological polar surface area (TPSA) is 67.6 Å². The second-order valence-corrected chi connectivity index (χ2v) is 4.62. The highest BCUT2D eigenvalue weighted by molar-refractivity contribution is 7.80. The quantitative estimate of drug-likeness (QED) is 0.735. The molecule has 1 saturated heterocycles. The molecular weight excluding hydrogens is 238 g/mol. The van der Waals surface area contributed by atoms with Crippen LogP contribution in [0.4, 0.5) is 4.79 Å². The zero-order valence-electron chi connectivity index (χ0n) is 10.5. The van der Waals surface area contributed by atoms with Gasteiger partial charge in [-0.15, -0.1) is 0 Å². The van der Waals surface area contributed by atoms with E-state index < -0.39 is 5.54 Å². The molecule has 98 valence electrons. The van der Waals surface area contributed by atoms with Crippen molar-refractivity contribution in [1.29, 1.82) is 0 Å². The molecule has 1 aliphatic rings. The van der Waals surface area contributed by atoms with E-state index in [1.165, 1.54) is 0 Å². The zero-order chi connectivity index (χ0) is 12.9. The fourth-order valence-electron chi connectivity index (χ4n) is 1.89. The Labute approximate surface area is 108 Å². The van der Waals surface area contributed by atoms with Gasteiger partial charge in [0.1, 0.15) is 0 Å². The Morgan fingerprint density at radius 2 is 1.94 bits per heavy atom. The van der Waals surface area contributed by atoms with Crippen LogP contribution in [0, 0.1) is 0 Å². The minimum Gasteiger partial charge on any atom is -0.391 e. The van der Waals surface area contributed by atoms with Crippen LogP contribution in [-0.4, -0.2) is 47.8 Å². The summed E-state index contributed by atoms with van der Waals surface area (Å²) in [6.07, 6.45) is 1.41. The molecule has 1 rings (SSSR count). The van der Waals surface area contributed by atoms with E-state index in [-0.39, 0.29) is 6.03 Å². The van der Waals surface area contributed by atoms with Gasteiger partial charge in [0.05, 0.1) is 23.7 Å². The number of urea groups is 1. The molecule has 6 heteroatoms. The lowest BCUT2D eigenvalue weighted by Gasteiger charge is -2.35. The molecule has 5 nitrogen and oxygen atoms in total. The van der Waals surface area contributed by atoms with Crippen LogP contribution in [0.1, 0.15) is 26.7 Å². The summed E-state index contributed by atoms with van der Waals surface area (Å²) in [4.78, 5) is 14.2. The maximum Gasteiger partial charge on any atom is 0.318 e. The van der Waals surface area contributed by atoms with Crippen LogP contribution in [0.2, 0.25) is 0 Å². The molecule has 1 heterocycles. The first-order valence-electron chi connectivity index (χ1n) is 6.00. The van der Waals surface area contributed by atoms with Gasteiger partial charge in [-0.1, -0.05) is 26.1 Å². The van der Waals surface area contributed by atoms with Gasteiger partial charge in [0.2, 0.25) is 0 Å². The molecule has 0 radical (unpaired) electrons. The minimum absolute atomic E-state index is 0.107. The van der Waals surface area contributed by atoms with Crippen molar-refractivity contribution in [2.75, 3.05) is 26.3 Å². The van der Waals surface area contributed by atoms with Crippen molar-refractivity contribution >= 4 is 23.2 Å². The van der Waals surface area contributed by atoms with Crippen LogP contribution in [0.5, 0.6) is 0 Å². The number of hydrogen-bond donors (Lipinski definition) is 2. The number of carbonyl (C=O) groups is 1. The zero-order valence-corrected chi connectivity index (χ0v) is 11.3. The summed E-state index contributed by atoms with van der Waals surface area (Å²) in [6, 6.07) is -0.107. The predicted molar refractivity (Wildman–Crippen MR) is 71.0 cm³/mol. The Morgan fingerprint density at radius 3 is 2.35 bits per heavy atom. The molecule has 0 atom stereocenters. The molecule has 2 amide bonds. The average molecular weight is 259 g/mol. The van der Waals surface area contributed by atoms with Gasteiger partial charge < -0.3 is 20.7 Å².